The van der Waals surface area contributed by atoms with Gasteiger partial charge in [0, 0.05) is 17.0 Å². The Morgan fingerprint density at radius 2 is 2.15 bits per heavy atom. The Labute approximate surface area is 79.5 Å². The van der Waals surface area contributed by atoms with Crippen LogP contribution in [-0.2, 0) is 0 Å². The van der Waals surface area contributed by atoms with E-state index in [2.05, 4.69) is 0 Å². The number of hydrogen-bond donors (Lipinski definition) is 2. The molecule has 2 atom stereocenters. The SMILES string of the molecule is CC(N)C(N)c1ccc([N+](=O)[O-])s1. The van der Waals surface area contributed by atoms with Gasteiger partial charge in [-0.3, -0.25) is 10.1 Å². The lowest BCUT2D eigenvalue weighted by Gasteiger charge is -2.12. The number of nitrogens with zero attached hydrogens (tertiary/aromatic N) is 1. The molecule has 72 valence electrons. The molecule has 0 radical (unpaired) electrons. The average Bonchev–Trinajstić information content (AvgIpc) is 2.50. The van der Waals surface area contributed by atoms with Gasteiger partial charge in [0.2, 0.25) is 0 Å². The van der Waals surface area contributed by atoms with E-state index in [-0.39, 0.29) is 17.1 Å². The summed E-state index contributed by atoms with van der Waals surface area (Å²) in [6, 6.07) is 2.58. The van der Waals surface area contributed by atoms with Crippen molar-refractivity contribution in [1.29, 1.82) is 0 Å². The van der Waals surface area contributed by atoms with Crippen LogP contribution in [0.2, 0.25) is 0 Å². The van der Waals surface area contributed by atoms with Crippen LogP contribution in [0.5, 0.6) is 0 Å². The van der Waals surface area contributed by atoms with Crippen molar-refractivity contribution in [1.82, 2.24) is 0 Å². The highest BCUT2D eigenvalue weighted by Crippen LogP contribution is 2.28. The smallest absolute Gasteiger partial charge is 0.324 e. The van der Waals surface area contributed by atoms with Gasteiger partial charge in [0.25, 0.3) is 0 Å². The van der Waals surface area contributed by atoms with Crippen LogP contribution in [0.25, 0.3) is 0 Å². The number of thiophene rings is 1. The van der Waals surface area contributed by atoms with E-state index in [1.165, 1.54) is 6.07 Å². The molecular weight excluding hydrogens is 190 g/mol. The molecule has 1 aromatic heterocycles. The van der Waals surface area contributed by atoms with E-state index in [9.17, 15) is 10.1 Å². The van der Waals surface area contributed by atoms with Crippen molar-refractivity contribution in [2.45, 2.75) is 19.0 Å². The first-order chi connectivity index (χ1) is 6.02. The van der Waals surface area contributed by atoms with E-state index in [0.29, 0.717) is 0 Å². The highest BCUT2D eigenvalue weighted by molar-refractivity contribution is 7.15. The molecule has 1 rings (SSSR count). The van der Waals surface area contributed by atoms with E-state index in [1.807, 2.05) is 0 Å². The topological polar surface area (TPSA) is 95.2 Å². The lowest BCUT2D eigenvalue weighted by Crippen LogP contribution is -2.30. The summed E-state index contributed by atoms with van der Waals surface area (Å²) in [7, 11) is 0. The van der Waals surface area contributed by atoms with E-state index >= 15 is 0 Å². The van der Waals surface area contributed by atoms with Gasteiger partial charge in [-0.25, -0.2) is 0 Å². The first-order valence-electron chi connectivity index (χ1n) is 3.77. The van der Waals surface area contributed by atoms with Crippen LogP contribution in [0.4, 0.5) is 5.00 Å². The lowest BCUT2D eigenvalue weighted by atomic mass is 10.1. The summed E-state index contributed by atoms with van der Waals surface area (Å²) in [6.07, 6.45) is 0. The zero-order valence-electron chi connectivity index (χ0n) is 7.14. The van der Waals surface area contributed by atoms with Gasteiger partial charge in [0.15, 0.2) is 0 Å². The van der Waals surface area contributed by atoms with Crippen molar-refractivity contribution < 1.29 is 4.92 Å². The third-order valence-electron chi connectivity index (χ3n) is 1.69. The van der Waals surface area contributed by atoms with E-state index < -0.39 is 4.92 Å². The first kappa shape index (κ1) is 10.1. The first-order valence-corrected chi connectivity index (χ1v) is 4.59. The maximum Gasteiger partial charge on any atom is 0.324 e. The highest BCUT2D eigenvalue weighted by atomic mass is 32.1. The van der Waals surface area contributed by atoms with E-state index in [4.69, 9.17) is 11.5 Å². The Kier molecular flexibility index (Phi) is 2.97. The molecule has 6 heteroatoms. The maximum absolute atomic E-state index is 10.4. The maximum atomic E-state index is 10.4. The quantitative estimate of drug-likeness (QED) is 0.563. The molecule has 4 N–H and O–H groups in total. The second kappa shape index (κ2) is 3.82. The Bertz CT molecular complexity index is 310. The summed E-state index contributed by atoms with van der Waals surface area (Å²) in [6.45, 7) is 1.77. The van der Waals surface area contributed by atoms with Gasteiger partial charge in [0.1, 0.15) is 0 Å². The molecule has 0 amide bonds. The van der Waals surface area contributed by atoms with E-state index in [1.54, 1.807) is 13.0 Å². The van der Waals surface area contributed by atoms with Gasteiger partial charge < -0.3 is 11.5 Å². The van der Waals surface area contributed by atoms with Gasteiger partial charge >= 0.3 is 5.00 Å². The Hall–Kier alpha value is -0.980. The van der Waals surface area contributed by atoms with Gasteiger partial charge in [-0.15, -0.1) is 0 Å². The molecule has 0 aliphatic carbocycles. The number of hydrogen-bond acceptors (Lipinski definition) is 5. The fraction of sp³-hybridized carbons (Fsp3) is 0.429. The van der Waals surface area contributed by atoms with Crippen LogP contribution < -0.4 is 11.5 Å². The van der Waals surface area contributed by atoms with Gasteiger partial charge in [-0.1, -0.05) is 11.3 Å². The van der Waals surface area contributed by atoms with Gasteiger partial charge in [-0.05, 0) is 13.0 Å². The van der Waals surface area contributed by atoms with Crippen LogP contribution in [0.3, 0.4) is 0 Å². The average molecular weight is 201 g/mol. The molecule has 0 fully saturated rings. The zero-order chi connectivity index (χ0) is 10.0. The van der Waals surface area contributed by atoms with Gasteiger partial charge in [0.05, 0.1) is 11.0 Å². The third-order valence-corrected chi connectivity index (χ3v) is 2.83. The molecule has 1 aromatic rings. The predicted molar refractivity (Wildman–Crippen MR) is 51.6 cm³/mol. The van der Waals surface area contributed by atoms with Crippen molar-refractivity contribution in [3.63, 3.8) is 0 Å². The minimum Gasteiger partial charge on any atom is -0.326 e. The summed E-state index contributed by atoms with van der Waals surface area (Å²) in [5, 5.41) is 10.5. The largest absolute Gasteiger partial charge is 0.326 e. The molecule has 0 aliphatic heterocycles. The molecule has 1 heterocycles. The van der Waals surface area contributed by atoms with E-state index in [0.717, 1.165) is 16.2 Å². The van der Waals surface area contributed by atoms with Gasteiger partial charge in [-0.2, -0.15) is 0 Å². The molecular formula is C7H11N3O2S. The summed E-state index contributed by atoms with van der Waals surface area (Å²) >= 11 is 1.07. The second-order valence-corrected chi connectivity index (χ2v) is 3.91. The minimum atomic E-state index is -0.429. The standard InChI is InChI=1S/C7H11N3O2S/c1-4(8)7(9)5-2-3-6(13-5)10(11)12/h2-4,7H,8-9H2,1H3. The molecule has 0 saturated heterocycles. The summed E-state index contributed by atoms with van der Waals surface area (Å²) in [4.78, 5) is 10.7. The predicted octanol–water partition coefficient (Wildman–Crippen LogP) is 1.00. The van der Waals surface area contributed by atoms with Crippen LogP contribution in [0.1, 0.15) is 17.8 Å². The molecule has 0 aromatic carbocycles. The van der Waals surface area contributed by atoms with Crippen molar-refractivity contribution in [2.75, 3.05) is 0 Å². The molecule has 0 bridgehead atoms. The number of nitrogens with two attached hydrogens (primary N) is 2. The van der Waals surface area contributed by atoms with Crippen LogP contribution >= 0.6 is 11.3 Å². The summed E-state index contributed by atoms with van der Waals surface area (Å²) in [5.41, 5.74) is 11.3. The minimum absolute atomic E-state index is 0.103. The molecule has 2 unspecified atom stereocenters. The molecule has 5 nitrogen and oxygen atoms in total. The fourth-order valence-corrected chi connectivity index (χ4v) is 1.82. The molecule has 0 spiro atoms. The highest BCUT2D eigenvalue weighted by Gasteiger charge is 2.17. The normalized spacial score (nSPS) is 15.3. The summed E-state index contributed by atoms with van der Waals surface area (Å²) < 4.78 is 0. The Morgan fingerprint density at radius 3 is 2.54 bits per heavy atom. The molecule has 0 aliphatic rings. The Morgan fingerprint density at radius 1 is 1.54 bits per heavy atom. The molecule has 0 saturated carbocycles. The lowest BCUT2D eigenvalue weighted by molar-refractivity contribution is -0.380. The fourth-order valence-electron chi connectivity index (χ4n) is 0.879. The van der Waals surface area contributed by atoms with Crippen molar-refractivity contribution in [3.8, 4) is 0 Å². The second-order valence-electron chi connectivity index (χ2n) is 2.82. The third kappa shape index (κ3) is 2.24. The van der Waals surface area contributed by atoms with Crippen LogP contribution in [-0.4, -0.2) is 11.0 Å². The monoisotopic (exact) mass is 201 g/mol. The zero-order valence-corrected chi connectivity index (χ0v) is 7.95. The van der Waals surface area contributed by atoms with Crippen LogP contribution in [0.15, 0.2) is 12.1 Å². The number of rotatable bonds is 3. The van der Waals surface area contributed by atoms with Crippen molar-refractivity contribution >= 4 is 16.3 Å². The van der Waals surface area contributed by atoms with Crippen molar-refractivity contribution in [3.05, 3.63) is 27.1 Å². The summed E-state index contributed by atoms with van der Waals surface area (Å²) in [5.74, 6) is 0. The Balaban J connectivity index is 2.85. The van der Waals surface area contributed by atoms with Crippen LogP contribution in [0, 0.1) is 10.1 Å². The number of nitro groups is 1. The van der Waals surface area contributed by atoms with Crippen molar-refractivity contribution in [2.24, 2.45) is 11.5 Å². The molecule has 13 heavy (non-hydrogen) atoms.